The smallest absolute Gasteiger partial charge is 0.248 e. The minimum absolute atomic E-state index is 0.237. The van der Waals surface area contributed by atoms with Crippen LogP contribution in [0, 0.1) is 18.3 Å². The molecule has 0 radical (unpaired) electrons. The number of carbonyl (C=O) groups excluding carboxylic acids is 1. The van der Waals surface area contributed by atoms with E-state index < -0.39 is 0 Å². The second-order valence-electron chi connectivity index (χ2n) is 4.63. The Labute approximate surface area is 123 Å². The zero-order chi connectivity index (χ0) is 15.2. The van der Waals surface area contributed by atoms with Crippen LogP contribution in [-0.2, 0) is 4.79 Å². The molecule has 0 atom stereocenters. The van der Waals surface area contributed by atoms with E-state index in [1.165, 1.54) is 6.08 Å². The molecule has 0 heterocycles. The summed E-state index contributed by atoms with van der Waals surface area (Å²) in [7, 11) is 0. The predicted octanol–water partition coefficient (Wildman–Crippen LogP) is 3.10. The van der Waals surface area contributed by atoms with E-state index in [0.29, 0.717) is 16.9 Å². The third-order valence-corrected chi connectivity index (χ3v) is 3.01. The first-order chi connectivity index (χ1) is 10.1. The summed E-state index contributed by atoms with van der Waals surface area (Å²) in [6.07, 6.45) is 3.15. The summed E-state index contributed by atoms with van der Waals surface area (Å²) in [4.78, 5) is 11.8. The van der Waals surface area contributed by atoms with E-state index >= 15 is 0 Å². The van der Waals surface area contributed by atoms with Crippen LogP contribution in [0.15, 0.2) is 48.5 Å². The standard InChI is InChI=1S/C17H15N3O/c1-12-2-3-13(10-16(12)19)6-9-17(21)20-15-7-4-14(11-18)5-8-15/h2-10H,19H2,1H3,(H,20,21)/b9-6+. The van der Waals surface area contributed by atoms with Crippen LogP contribution in [0.25, 0.3) is 6.08 Å². The molecule has 0 fully saturated rings. The monoisotopic (exact) mass is 277 g/mol. The summed E-state index contributed by atoms with van der Waals surface area (Å²) in [5.74, 6) is -0.237. The van der Waals surface area contributed by atoms with Crippen LogP contribution in [0.2, 0.25) is 0 Å². The molecule has 0 aliphatic rings. The molecule has 0 bridgehead atoms. The molecule has 4 nitrogen and oxygen atoms in total. The van der Waals surface area contributed by atoms with E-state index in [1.807, 2.05) is 31.2 Å². The van der Waals surface area contributed by atoms with Crippen LogP contribution >= 0.6 is 0 Å². The largest absolute Gasteiger partial charge is 0.398 e. The van der Waals surface area contributed by atoms with Crippen molar-refractivity contribution in [1.29, 1.82) is 5.26 Å². The number of rotatable bonds is 3. The topological polar surface area (TPSA) is 78.9 Å². The van der Waals surface area contributed by atoms with Gasteiger partial charge in [0.1, 0.15) is 0 Å². The van der Waals surface area contributed by atoms with Gasteiger partial charge >= 0.3 is 0 Å². The van der Waals surface area contributed by atoms with Crippen LogP contribution in [0.4, 0.5) is 11.4 Å². The average molecular weight is 277 g/mol. The van der Waals surface area contributed by atoms with Gasteiger partial charge in [-0.25, -0.2) is 0 Å². The maximum absolute atomic E-state index is 11.8. The number of nitrogens with one attached hydrogen (secondary N) is 1. The maximum Gasteiger partial charge on any atom is 0.248 e. The number of aryl methyl sites for hydroxylation is 1. The van der Waals surface area contributed by atoms with Crippen LogP contribution in [0.1, 0.15) is 16.7 Å². The predicted molar refractivity (Wildman–Crippen MR) is 84.4 cm³/mol. The number of nitrogen functional groups attached to an aromatic ring is 1. The van der Waals surface area contributed by atoms with Crippen molar-refractivity contribution in [1.82, 2.24) is 0 Å². The number of amides is 1. The van der Waals surface area contributed by atoms with Crippen LogP contribution in [0.3, 0.4) is 0 Å². The molecule has 2 rings (SSSR count). The number of nitrogens with two attached hydrogens (primary N) is 1. The fourth-order valence-corrected chi connectivity index (χ4v) is 1.75. The molecule has 0 spiro atoms. The van der Waals surface area contributed by atoms with Gasteiger partial charge in [0, 0.05) is 17.5 Å². The Kier molecular flexibility index (Phi) is 4.37. The SMILES string of the molecule is Cc1ccc(/C=C/C(=O)Nc2ccc(C#N)cc2)cc1N. The summed E-state index contributed by atoms with van der Waals surface area (Å²) in [5.41, 5.74) is 9.59. The molecule has 0 aliphatic heterocycles. The third-order valence-electron chi connectivity index (χ3n) is 3.01. The van der Waals surface area contributed by atoms with Gasteiger partial charge in [-0.3, -0.25) is 4.79 Å². The lowest BCUT2D eigenvalue weighted by Crippen LogP contribution is -2.07. The lowest BCUT2D eigenvalue weighted by molar-refractivity contribution is -0.111. The second kappa shape index (κ2) is 6.40. The fraction of sp³-hybridized carbons (Fsp3) is 0.0588. The zero-order valence-corrected chi connectivity index (χ0v) is 11.6. The zero-order valence-electron chi connectivity index (χ0n) is 11.6. The minimum Gasteiger partial charge on any atom is -0.398 e. The Hall–Kier alpha value is -3.06. The van der Waals surface area contributed by atoms with E-state index in [1.54, 1.807) is 30.3 Å². The highest BCUT2D eigenvalue weighted by atomic mass is 16.1. The van der Waals surface area contributed by atoms with Gasteiger partial charge in [0.15, 0.2) is 0 Å². The molecule has 21 heavy (non-hydrogen) atoms. The second-order valence-corrected chi connectivity index (χ2v) is 4.63. The molecule has 2 aromatic rings. The number of anilines is 2. The number of hydrogen-bond acceptors (Lipinski definition) is 3. The van der Waals surface area contributed by atoms with Crippen LogP contribution in [-0.4, -0.2) is 5.91 Å². The molecule has 0 aliphatic carbocycles. The Morgan fingerprint density at radius 3 is 2.57 bits per heavy atom. The minimum atomic E-state index is -0.237. The van der Waals surface area contributed by atoms with Crippen molar-refractivity contribution >= 4 is 23.4 Å². The van der Waals surface area contributed by atoms with Gasteiger partial charge in [-0.15, -0.1) is 0 Å². The highest BCUT2D eigenvalue weighted by Gasteiger charge is 1.99. The fourth-order valence-electron chi connectivity index (χ4n) is 1.75. The van der Waals surface area contributed by atoms with E-state index in [9.17, 15) is 4.79 Å². The van der Waals surface area contributed by atoms with Crippen LogP contribution < -0.4 is 11.1 Å². The number of nitrogens with zero attached hydrogens (tertiary/aromatic N) is 1. The highest BCUT2D eigenvalue weighted by molar-refractivity contribution is 6.02. The van der Waals surface area contributed by atoms with Crippen molar-refractivity contribution in [2.75, 3.05) is 11.1 Å². The summed E-state index contributed by atoms with van der Waals surface area (Å²) in [5, 5.41) is 11.4. The molecule has 0 unspecified atom stereocenters. The van der Waals surface area contributed by atoms with Crippen molar-refractivity contribution in [2.24, 2.45) is 0 Å². The van der Waals surface area contributed by atoms with Gasteiger partial charge in [-0.2, -0.15) is 5.26 Å². The molecule has 3 N–H and O–H groups in total. The lowest BCUT2D eigenvalue weighted by Gasteiger charge is -2.02. The van der Waals surface area contributed by atoms with Crippen molar-refractivity contribution in [3.8, 4) is 6.07 Å². The van der Waals surface area contributed by atoms with Gasteiger partial charge in [-0.05, 0) is 54.5 Å². The normalized spacial score (nSPS) is 10.3. The molecule has 1 amide bonds. The molecule has 104 valence electrons. The Morgan fingerprint density at radius 1 is 1.24 bits per heavy atom. The first-order valence-electron chi connectivity index (χ1n) is 6.44. The van der Waals surface area contributed by atoms with Crippen molar-refractivity contribution in [3.05, 3.63) is 65.2 Å². The van der Waals surface area contributed by atoms with Crippen molar-refractivity contribution in [3.63, 3.8) is 0 Å². The number of carbonyl (C=O) groups is 1. The Balaban J connectivity index is 2.01. The molecular weight excluding hydrogens is 262 g/mol. The van der Waals surface area contributed by atoms with E-state index in [-0.39, 0.29) is 5.91 Å². The first-order valence-corrected chi connectivity index (χ1v) is 6.44. The van der Waals surface area contributed by atoms with Gasteiger partial charge in [-0.1, -0.05) is 12.1 Å². The summed E-state index contributed by atoms with van der Waals surface area (Å²) >= 11 is 0. The molecular formula is C17H15N3O. The molecule has 0 saturated heterocycles. The van der Waals surface area contributed by atoms with Crippen LogP contribution in [0.5, 0.6) is 0 Å². The van der Waals surface area contributed by atoms with Gasteiger partial charge in [0.2, 0.25) is 5.91 Å². The van der Waals surface area contributed by atoms with E-state index in [2.05, 4.69) is 5.32 Å². The number of hydrogen-bond donors (Lipinski definition) is 2. The number of nitriles is 1. The van der Waals surface area contributed by atoms with E-state index in [4.69, 9.17) is 11.0 Å². The maximum atomic E-state index is 11.8. The van der Waals surface area contributed by atoms with Gasteiger partial charge < -0.3 is 11.1 Å². The van der Waals surface area contributed by atoms with Crippen molar-refractivity contribution in [2.45, 2.75) is 6.92 Å². The summed E-state index contributed by atoms with van der Waals surface area (Å²) in [6.45, 7) is 1.93. The van der Waals surface area contributed by atoms with Crippen molar-refractivity contribution < 1.29 is 4.79 Å². The number of benzene rings is 2. The highest BCUT2D eigenvalue weighted by Crippen LogP contribution is 2.14. The van der Waals surface area contributed by atoms with Gasteiger partial charge in [0.05, 0.1) is 11.6 Å². The molecule has 4 heteroatoms. The molecule has 2 aromatic carbocycles. The summed E-state index contributed by atoms with van der Waals surface area (Å²) in [6, 6.07) is 14.3. The molecule has 0 aromatic heterocycles. The summed E-state index contributed by atoms with van der Waals surface area (Å²) < 4.78 is 0. The Morgan fingerprint density at radius 2 is 1.95 bits per heavy atom. The quantitative estimate of drug-likeness (QED) is 0.668. The van der Waals surface area contributed by atoms with E-state index in [0.717, 1.165) is 11.1 Å². The molecule has 0 saturated carbocycles. The first kappa shape index (κ1) is 14.4. The van der Waals surface area contributed by atoms with Gasteiger partial charge in [0.25, 0.3) is 0 Å². The third kappa shape index (κ3) is 3.95. The Bertz CT molecular complexity index is 725. The average Bonchev–Trinajstić information content (AvgIpc) is 2.49. The lowest BCUT2D eigenvalue weighted by atomic mass is 10.1.